The van der Waals surface area contributed by atoms with Crippen LogP contribution >= 0.6 is 23.2 Å². The molecule has 11 heteroatoms. The van der Waals surface area contributed by atoms with E-state index in [1.54, 1.807) is 18.2 Å². The van der Waals surface area contributed by atoms with Gasteiger partial charge in [-0.2, -0.15) is 0 Å². The standard InChI is InChI=1S/C30H35Cl2N3O6/c1-18(8-9-25(36)35-24(28(38)39)15-20-10-13-33-27(20)37)17-34-29(40)41-26(19-4-2-6-22(31)14-19)30(11-12-30)21-5-3-7-23(32)16-21/h2-7,14,16,18,20,24,26H,8-13,15,17H2,1H3,(H,33,37)(H,34,40)(H,35,36)(H,38,39)/t18?,20-,24-,26?/m0/s1. The molecule has 4 atom stereocenters. The van der Waals surface area contributed by atoms with Gasteiger partial charge in [0.25, 0.3) is 0 Å². The van der Waals surface area contributed by atoms with Crippen LogP contribution in [0.25, 0.3) is 0 Å². The van der Waals surface area contributed by atoms with Crippen LogP contribution in [-0.2, 0) is 24.5 Å². The molecule has 0 radical (unpaired) electrons. The van der Waals surface area contributed by atoms with E-state index in [9.17, 15) is 24.3 Å². The number of hydrogen-bond acceptors (Lipinski definition) is 5. The van der Waals surface area contributed by atoms with Gasteiger partial charge in [0.15, 0.2) is 0 Å². The second-order valence-corrected chi connectivity index (χ2v) is 11.9. The number of carbonyl (C=O) groups excluding carboxylic acids is 3. The fourth-order valence-corrected chi connectivity index (χ4v) is 5.72. The highest BCUT2D eigenvalue weighted by Gasteiger charge is 2.53. The summed E-state index contributed by atoms with van der Waals surface area (Å²) in [5, 5.41) is 18.6. The topological polar surface area (TPSA) is 134 Å². The zero-order valence-electron chi connectivity index (χ0n) is 22.8. The Morgan fingerprint density at radius 2 is 1.83 bits per heavy atom. The van der Waals surface area contributed by atoms with Gasteiger partial charge in [-0.25, -0.2) is 9.59 Å². The molecule has 4 N–H and O–H groups in total. The minimum Gasteiger partial charge on any atom is -0.480 e. The van der Waals surface area contributed by atoms with Gasteiger partial charge in [-0.05, 0) is 73.4 Å². The summed E-state index contributed by atoms with van der Waals surface area (Å²) in [6, 6.07) is 13.7. The van der Waals surface area contributed by atoms with Crippen molar-refractivity contribution >= 4 is 47.1 Å². The normalized spacial score (nSPS) is 19.4. The Kier molecular flexibility index (Phi) is 10.1. The van der Waals surface area contributed by atoms with Crippen LogP contribution in [0.2, 0.25) is 10.0 Å². The van der Waals surface area contributed by atoms with Crippen LogP contribution in [-0.4, -0.2) is 48.1 Å². The lowest BCUT2D eigenvalue weighted by Crippen LogP contribution is -2.43. The predicted molar refractivity (Wildman–Crippen MR) is 155 cm³/mol. The summed E-state index contributed by atoms with van der Waals surface area (Å²) in [5.41, 5.74) is 1.38. The molecule has 9 nitrogen and oxygen atoms in total. The Morgan fingerprint density at radius 3 is 2.44 bits per heavy atom. The molecule has 1 saturated carbocycles. The third-order valence-electron chi connectivity index (χ3n) is 7.84. The molecule has 41 heavy (non-hydrogen) atoms. The van der Waals surface area contributed by atoms with Gasteiger partial charge >= 0.3 is 12.1 Å². The summed E-state index contributed by atoms with van der Waals surface area (Å²) in [7, 11) is 0. The quantitative estimate of drug-likeness (QED) is 0.254. The molecule has 2 aliphatic rings. The van der Waals surface area contributed by atoms with Crippen molar-refractivity contribution in [2.75, 3.05) is 13.1 Å². The molecule has 1 heterocycles. The number of nitrogens with one attached hydrogen (secondary N) is 3. The van der Waals surface area contributed by atoms with Gasteiger partial charge in [0.2, 0.25) is 11.8 Å². The summed E-state index contributed by atoms with van der Waals surface area (Å²) in [6.07, 6.45) is 1.61. The summed E-state index contributed by atoms with van der Waals surface area (Å²) < 4.78 is 6.01. The number of benzene rings is 2. The molecular formula is C30H35Cl2N3O6. The minimum absolute atomic E-state index is 0.0559. The average Bonchev–Trinajstić information content (AvgIpc) is 3.64. The molecule has 0 bridgehead atoms. The molecule has 2 unspecified atom stereocenters. The first-order chi connectivity index (χ1) is 19.6. The van der Waals surface area contributed by atoms with Crippen LogP contribution in [0.5, 0.6) is 0 Å². The lowest BCUT2D eigenvalue weighted by atomic mass is 9.86. The summed E-state index contributed by atoms with van der Waals surface area (Å²) in [6.45, 7) is 2.66. The van der Waals surface area contributed by atoms with Crippen LogP contribution in [0.3, 0.4) is 0 Å². The maximum Gasteiger partial charge on any atom is 0.407 e. The highest BCUT2D eigenvalue weighted by Crippen LogP contribution is 2.58. The molecule has 220 valence electrons. The number of alkyl carbamates (subject to hydrolysis) is 1. The van der Waals surface area contributed by atoms with Gasteiger partial charge in [-0.3, -0.25) is 9.59 Å². The number of amides is 3. The highest BCUT2D eigenvalue weighted by molar-refractivity contribution is 6.31. The van der Waals surface area contributed by atoms with Crippen molar-refractivity contribution in [1.82, 2.24) is 16.0 Å². The summed E-state index contributed by atoms with van der Waals surface area (Å²) in [5.74, 6) is -2.27. The van der Waals surface area contributed by atoms with E-state index < -0.39 is 41.4 Å². The molecule has 2 aromatic carbocycles. The van der Waals surface area contributed by atoms with E-state index in [1.165, 1.54) is 0 Å². The first-order valence-corrected chi connectivity index (χ1v) is 14.6. The van der Waals surface area contributed by atoms with Crippen LogP contribution in [0.1, 0.15) is 62.7 Å². The maximum absolute atomic E-state index is 13.0. The zero-order chi connectivity index (χ0) is 29.6. The van der Waals surface area contributed by atoms with E-state index in [4.69, 9.17) is 27.9 Å². The Labute approximate surface area is 249 Å². The number of carboxylic acid groups (broad SMARTS) is 1. The van der Waals surface area contributed by atoms with E-state index in [-0.39, 0.29) is 31.2 Å². The Hall–Kier alpha value is -3.30. The number of aliphatic carboxylic acids is 1. The smallest absolute Gasteiger partial charge is 0.407 e. The lowest BCUT2D eigenvalue weighted by Gasteiger charge is -2.28. The highest BCUT2D eigenvalue weighted by atomic mass is 35.5. The van der Waals surface area contributed by atoms with Crippen molar-refractivity contribution in [3.8, 4) is 0 Å². The average molecular weight is 605 g/mol. The van der Waals surface area contributed by atoms with Gasteiger partial charge in [0.05, 0.1) is 0 Å². The molecule has 0 aromatic heterocycles. The maximum atomic E-state index is 13.0. The monoisotopic (exact) mass is 603 g/mol. The summed E-state index contributed by atoms with van der Waals surface area (Å²) >= 11 is 12.5. The molecule has 0 spiro atoms. The van der Waals surface area contributed by atoms with Crippen LogP contribution in [0.15, 0.2) is 48.5 Å². The van der Waals surface area contributed by atoms with Crippen molar-refractivity contribution in [2.45, 2.75) is 63.0 Å². The number of hydrogen-bond donors (Lipinski definition) is 4. The van der Waals surface area contributed by atoms with Crippen molar-refractivity contribution in [3.05, 3.63) is 69.7 Å². The second-order valence-electron chi connectivity index (χ2n) is 11.0. The van der Waals surface area contributed by atoms with Gasteiger partial charge in [0.1, 0.15) is 12.1 Å². The minimum atomic E-state index is -1.17. The molecular weight excluding hydrogens is 569 g/mol. The fourth-order valence-electron chi connectivity index (χ4n) is 5.33. The van der Waals surface area contributed by atoms with Crippen LogP contribution < -0.4 is 16.0 Å². The molecule has 1 aliphatic heterocycles. The van der Waals surface area contributed by atoms with E-state index in [0.29, 0.717) is 29.4 Å². The van der Waals surface area contributed by atoms with Gasteiger partial charge < -0.3 is 25.8 Å². The Bertz CT molecular complexity index is 1280. The molecule has 2 aromatic rings. The van der Waals surface area contributed by atoms with Gasteiger partial charge in [-0.1, -0.05) is 54.4 Å². The third kappa shape index (κ3) is 8.14. The van der Waals surface area contributed by atoms with E-state index in [2.05, 4.69) is 16.0 Å². The number of rotatable bonds is 13. The Balaban J connectivity index is 1.30. The van der Waals surface area contributed by atoms with E-state index in [0.717, 1.165) is 24.0 Å². The molecule has 3 amide bonds. The number of carboxylic acids is 1. The summed E-state index contributed by atoms with van der Waals surface area (Å²) in [4.78, 5) is 48.8. The van der Waals surface area contributed by atoms with Crippen LogP contribution in [0.4, 0.5) is 4.79 Å². The molecule has 2 fully saturated rings. The first-order valence-electron chi connectivity index (χ1n) is 13.8. The molecule has 1 saturated heterocycles. The van der Waals surface area contributed by atoms with E-state index >= 15 is 0 Å². The van der Waals surface area contributed by atoms with Crippen molar-refractivity contribution < 1.29 is 29.0 Å². The van der Waals surface area contributed by atoms with Crippen molar-refractivity contribution in [3.63, 3.8) is 0 Å². The largest absolute Gasteiger partial charge is 0.480 e. The van der Waals surface area contributed by atoms with E-state index in [1.807, 2.05) is 37.3 Å². The first kappa shape index (κ1) is 30.7. The number of carbonyl (C=O) groups is 4. The Morgan fingerprint density at radius 1 is 1.12 bits per heavy atom. The molecule has 4 rings (SSSR count). The third-order valence-corrected chi connectivity index (χ3v) is 8.31. The van der Waals surface area contributed by atoms with Crippen molar-refractivity contribution in [1.29, 1.82) is 0 Å². The molecule has 1 aliphatic carbocycles. The van der Waals surface area contributed by atoms with Gasteiger partial charge in [-0.15, -0.1) is 0 Å². The fraction of sp³-hybridized carbons (Fsp3) is 0.467. The van der Waals surface area contributed by atoms with Crippen LogP contribution in [0, 0.1) is 11.8 Å². The van der Waals surface area contributed by atoms with Gasteiger partial charge in [0, 0.05) is 40.9 Å². The SMILES string of the molecule is CC(CCC(=O)N[C@@H](C[C@@H]1CCNC1=O)C(=O)O)CNC(=O)OC(c1cccc(Cl)c1)C1(c2cccc(Cl)c2)CC1. The number of halogens is 2. The number of ether oxygens (including phenoxy) is 1. The zero-order valence-corrected chi connectivity index (χ0v) is 24.3. The predicted octanol–water partition coefficient (Wildman–Crippen LogP) is 5.00. The van der Waals surface area contributed by atoms with Crippen molar-refractivity contribution in [2.24, 2.45) is 11.8 Å². The second kappa shape index (κ2) is 13.6. The lowest BCUT2D eigenvalue weighted by molar-refractivity contribution is -0.142.